The number of amidine groups is 1. The van der Waals surface area contributed by atoms with Crippen molar-refractivity contribution < 1.29 is 4.79 Å². The largest absolute Gasteiger partial charge is 0.285 e. The molecule has 4 rings (SSSR count). The smallest absolute Gasteiger partial charge is 0.280 e. The maximum absolute atomic E-state index is 13.3. The van der Waals surface area contributed by atoms with E-state index in [2.05, 4.69) is 10.1 Å². The second-order valence-electron chi connectivity index (χ2n) is 6.12. The topological polar surface area (TPSA) is 67.6 Å². The molecule has 1 aliphatic heterocycles. The molecule has 0 radical (unpaired) electrons. The van der Waals surface area contributed by atoms with Crippen LogP contribution in [0.3, 0.4) is 0 Å². The Morgan fingerprint density at radius 2 is 1.89 bits per heavy atom. The first kappa shape index (κ1) is 19.0. The number of carbonyl (C=O) groups is 1. The van der Waals surface area contributed by atoms with Crippen LogP contribution in [0.1, 0.15) is 10.5 Å². The highest BCUT2D eigenvalue weighted by Crippen LogP contribution is 2.30. The van der Waals surface area contributed by atoms with Gasteiger partial charge < -0.3 is 0 Å². The molecule has 1 aromatic heterocycles. The van der Waals surface area contributed by atoms with E-state index >= 15 is 0 Å². The molecule has 0 atom stereocenters. The van der Waals surface area contributed by atoms with Crippen LogP contribution in [0, 0.1) is 0 Å². The Labute approximate surface area is 174 Å². The van der Waals surface area contributed by atoms with Gasteiger partial charge in [0.05, 0.1) is 21.1 Å². The fourth-order valence-corrected chi connectivity index (χ4v) is 4.18. The number of benzene rings is 2. The van der Waals surface area contributed by atoms with Crippen molar-refractivity contribution in [1.82, 2.24) is 14.7 Å². The van der Waals surface area contributed by atoms with E-state index in [-0.39, 0.29) is 17.2 Å². The van der Waals surface area contributed by atoms with E-state index in [9.17, 15) is 9.59 Å². The first-order chi connectivity index (χ1) is 13.5. The molecule has 9 heteroatoms. The summed E-state index contributed by atoms with van der Waals surface area (Å²) in [6, 6.07) is 12.0. The molecule has 3 aromatic rings. The molecule has 2 heterocycles. The predicted molar refractivity (Wildman–Crippen MR) is 114 cm³/mol. The molecule has 1 aliphatic rings. The summed E-state index contributed by atoms with van der Waals surface area (Å²) in [6.07, 6.45) is 0. The van der Waals surface area contributed by atoms with E-state index < -0.39 is 0 Å². The van der Waals surface area contributed by atoms with Gasteiger partial charge in [-0.25, -0.2) is 9.67 Å². The van der Waals surface area contributed by atoms with Crippen molar-refractivity contribution in [3.05, 3.63) is 68.6 Å². The van der Waals surface area contributed by atoms with Gasteiger partial charge in [-0.3, -0.25) is 14.5 Å². The van der Waals surface area contributed by atoms with Gasteiger partial charge in [-0.15, -0.1) is 0 Å². The summed E-state index contributed by atoms with van der Waals surface area (Å²) >= 11 is 13.5. The monoisotopic (exact) mass is 432 g/mol. The van der Waals surface area contributed by atoms with E-state index in [4.69, 9.17) is 23.2 Å². The van der Waals surface area contributed by atoms with Crippen molar-refractivity contribution in [3.63, 3.8) is 0 Å². The van der Waals surface area contributed by atoms with Crippen LogP contribution in [0.15, 0.2) is 52.3 Å². The summed E-state index contributed by atoms with van der Waals surface area (Å²) < 4.78 is 1.19. The van der Waals surface area contributed by atoms with Crippen LogP contribution in [0.5, 0.6) is 0 Å². The highest BCUT2D eigenvalue weighted by atomic mass is 35.5. The molecule has 142 valence electrons. The summed E-state index contributed by atoms with van der Waals surface area (Å²) in [4.78, 5) is 31.7. The molecule has 28 heavy (non-hydrogen) atoms. The quantitative estimate of drug-likeness (QED) is 0.610. The zero-order valence-electron chi connectivity index (χ0n) is 14.7. The second-order valence-corrected chi connectivity index (χ2v) is 8.00. The van der Waals surface area contributed by atoms with Crippen LogP contribution >= 0.6 is 35.0 Å². The zero-order chi connectivity index (χ0) is 19.8. The molecule has 0 N–H and O–H groups in total. The number of aliphatic imine (C=N–C) groups is 1. The molecule has 0 aliphatic carbocycles. The van der Waals surface area contributed by atoms with Gasteiger partial charge in [-0.2, -0.15) is 5.10 Å². The maximum Gasteiger partial charge on any atom is 0.280 e. The first-order valence-corrected chi connectivity index (χ1v) is 10.1. The number of halogens is 2. The molecule has 0 bridgehead atoms. The van der Waals surface area contributed by atoms with Crippen molar-refractivity contribution >= 4 is 62.5 Å². The molecule has 1 amide bonds. The Bertz CT molecular complexity index is 1190. The fourth-order valence-electron chi connectivity index (χ4n) is 2.93. The van der Waals surface area contributed by atoms with Crippen LogP contribution in [0.2, 0.25) is 10.0 Å². The van der Waals surface area contributed by atoms with E-state index in [0.29, 0.717) is 38.2 Å². The fraction of sp³-hybridized carbons (Fsp3) is 0.158. The molecule has 6 nitrogen and oxygen atoms in total. The second kappa shape index (κ2) is 7.58. The van der Waals surface area contributed by atoms with Gasteiger partial charge in [0.2, 0.25) is 0 Å². The third-order valence-corrected chi connectivity index (χ3v) is 6.00. The van der Waals surface area contributed by atoms with Gasteiger partial charge >= 0.3 is 0 Å². The van der Waals surface area contributed by atoms with E-state index in [1.54, 1.807) is 47.4 Å². The lowest BCUT2D eigenvalue weighted by Crippen LogP contribution is -2.34. The minimum Gasteiger partial charge on any atom is -0.285 e. The lowest BCUT2D eigenvalue weighted by Gasteiger charge is -2.17. The zero-order valence-corrected chi connectivity index (χ0v) is 17.1. The lowest BCUT2D eigenvalue weighted by molar-refractivity contribution is 0.0853. The number of hydrogen-bond acceptors (Lipinski definition) is 5. The number of aryl methyl sites for hydroxylation is 1. The number of thioether (sulfide) groups is 1. The standard InChI is InChI=1S/C19H14Cl2N4O2S/c1-24-17(26)13-5-3-2-4-12(13)16(23-24)18(27)25-8-9-28-19(25)22-11-6-7-14(20)15(21)10-11/h2-7,10H,8-9H2,1H3. The number of rotatable bonds is 2. The highest BCUT2D eigenvalue weighted by Gasteiger charge is 2.29. The van der Waals surface area contributed by atoms with Crippen LogP contribution in [-0.4, -0.2) is 38.1 Å². The molecule has 0 unspecified atom stereocenters. The summed E-state index contributed by atoms with van der Waals surface area (Å²) in [5, 5.41) is 6.61. The van der Waals surface area contributed by atoms with Gasteiger partial charge in [0.25, 0.3) is 11.5 Å². The van der Waals surface area contributed by atoms with E-state index in [1.165, 1.54) is 23.5 Å². The van der Waals surface area contributed by atoms with Crippen LogP contribution < -0.4 is 5.56 Å². The van der Waals surface area contributed by atoms with Crippen molar-refractivity contribution in [3.8, 4) is 0 Å². The van der Waals surface area contributed by atoms with Crippen molar-refractivity contribution in [1.29, 1.82) is 0 Å². The van der Waals surface area contributed by atoms with E-state index in [0.717, 1.165) is 5.75 Å². The molecular formula is C19H14Cl2N4O2S. The number of amides is 1. The average molecular weight is 433 g/mol. The SMILES string of the molecule is Cn1nc(C(=O)N2CCSC2=Nc2ccc(Cl)c(Cl)c2)c2ccccc2c1=O. The van der Waals surface area contributed by atoms with Gasteiger partial charge in [-0.1, -0.05) is 53.2 Å². The van der Waals surface area contributed by atoms with Gasteiger partial charge in [-0.05, 0) is 24.3 Å². The third kappa shape index (κ3) is 3.41. The highest BCUT2D eigenvalue weighted by molar-refractivity contribution is 8.14. The maximum atomic E-state index is 13.3. The molecule has 1 fully saturated rings. The number of fused-ring (bicyclic) bond motifs is 1. The number of aromatic nitrogens is 2. The number of nitrogens with zero attached hydrogens (tertiary/aromatic N) is 4. The minimum atomic E-state index is -0.296. The van der Waals surface area contributed by atoms with Crippen molar-refractivity contribution in [2.45, 2.75) is 0 Å². The normalized spacial score (nSPS) is 15.5. The molecule has 0 saturated carbocycles. The Hall–Kier alpha value is -2.35. The van der Waals surface area contributed by atoms with Crippen LogP contribution in [0.25, 0.3) is 10.8 Å². The third-order valence-electron chi connectivity index (χ3n) is 4.31. The van der Waals surface area contributed by atoms with Gasteiger partial charge in [0.15, 0.2) is 10.9 Å². The Kier molecular flexibility index (Phi) is 5.14. The lowest BCUT2D eigenvalue weighted by atomic mass is 10.1. The Balaban J connectivity index is 1.76. The van der Waals surface area contributed by atoms with Gasteiger partial charge in [0, 0.05) is 24.7 Å². The van der Waals surface area contributed by atoms with Crippen LogP contribution in [-0.2, 0) is 7.05 Å². The van der Waals surface area contributed by atoms with Crippen LogP contribution in [0.4, 0.5) is 5.69 Å². The number of hydrogen-bond donors (Lipinski definition) is 0. The van der Waals surface area contributed by atoms with Gasteiger partial charge in [0.1, 0.15) is 0 Å². The Morgan fingerprint density at radius 3 is 2.64 bits per heavy atom. The molecule has 1 saturated heterocycles. The predicted octanol–water partition coefficient (Wildman–Crippen LogP) is 4.12. The molecule has 2 aromatic carbocycles. The molecular weight excluding hydrogens is 419 g/mol. The van der Waals surface area contributed by atoms with E-state index in [1.807, 2.05) is 0 Å². The van der Waals surface area contributed by atoms with Crippen molar-refractivity contribution in [2.24, 2.45) is 12.0 Å². The molecule has 0 spiro atoms. The minimum absolute atomic E-state index is 0.224. The first-order valence-electron chi connectivity index (χ1n) is 8.40. The summed E-state index contributed by atoms with van der Waals surface area (Å²) in [5.41, 5.74) is 0.588. The summed E-state index contributed by atoms with van der Waals surface area (Å²) in [6.45, 7) is 0.502. The average Bonchev–Trinajstić information content (AvgIpc) is 3.15. The summed E-state index contributed by atoms with van der Waals surface area (Å²) in [7, 11) is 1.54. The summed E-state index contributed by atoms with van der Waals surface area (Å²) in [5.74, 6) is 0.422. The van der Waals surface area contributed by atoms with Crippen molar-refractivity contribution in [2.75, 3.05) is 12.3 Å². The Morgan fingerprint density at radius 1 is 1.14 bits per heavy atom. The number of carbonyl (C=O) groups excluding carboxylic acids is 1.